The first-order valence-electron chi connectivity index (χ1n) is 5.56. The maximum Gasteiger partial charge on any atom is 0.0658 e. The highest BCUT2D eigenvalue weighted by Gasteiger charge is 2.24. The lowest BCUT2D eigenvalue weighted by Gasteiger charge is -2.29. The molecular weight excluding hydrogens is 176 g/mol. The van der Waals surface area contributed by atoms with Crippen LogP contribution in [-0.4, -0.2) is 26.4 Å². The minimum atomic E-state index is 0.339. The van der Waals surface area contributed by atoms with Crippen molar-refractivity contribution < 1.29 is 9.47 Å². The van der Waals surface area contributed by atoms with Crippen LogP contribution in [0.4, 0.5) is 0 Å². The third-order valence-corrected chi connectivity index (χ3v) is 3.00. The third-order valence-electron chi connectivity index (χ3n) is 3.00. The molecule has 0 spiro atoms. The highest BCUT2D eigenvalue weighted by molar-refractivity contribution is 5.08. The van der Waals surface area contributed by atoms with Gasteiger partial charge in [0.25, 0.3) is 0 Å². The second kappa shape index (κ2) is 6.20. The molecule has 0 aromatic rings. The van der Waals surface area contributed by atoms with Crippen LogP contribution >= 0.6 is 0 Å². The fourth-order valence-electron chi connectivity index (χ4n) is 1.96. The molecule has 0 bridgehead atoms. The van der Waals surface area contributed by atoms with E-state index in [0.717, 1.165) is 19.6 Å². The van der Waals surface area contributed by atoms with Crippen molar-refractivity contribution in [3.8, 4) is 0 Å². The van der Waals surface area contributed by atoms with Crippen molar-refractivity contribution in [1.29, 1.82) is 0 Å². The van der Waals surface area contributed by atoms with Gasteiger partial charge in [0.2, 0.25) is 0 Å². The van der Waals surface area contributed by atoms with Crippen LogP contribution in [0.5, 0.6) is 0 Å². The van der Waals surface area contributed by atoms with Gasteiger partial charge >= 0.3 is 0 Å². The second-order valence-electron chi connectivity index (χ2n) is 4.01. The van der Waals surface area contributed by atoms with Gasteiger partial charge in [0.15, 0.2) is 0 Å². The molecule has 14 heavy (non-hydrogen) atoms. The van der Waals surface area contributed by atoms with E-state index in [2.05, 4.69) is 19.9 Å². The molecule has 2 unspecified atom stereocenters. The maximum atomic E-state index is 5.54. The molecule has 82 valence electrons. The smallest absolute Gasteiger partial charge is 0.0658 e. The molecule has 2 nitrogen and oxygen atoms in total. The number of methoxy groups -OCH3 is 1. The van der Waals surface area contributed by atoms with Gasteiger partial charge in [0.1, 0.15) is 0 Å². The van der Waals surface area contributed by atoms with Crippen molar-refractivity contribution in [2.45, 2.75) is 39.2 Å². The van der Waals surface area contributed by atoms with E-state index in [0.29, 0.717) is 12.0 Å². The Hall–Kier alpha value is -0.340. The molecule has 0 fully saturated rings. The van der Waals surface area contributed by atoms with Crippen LogP contribution in [-0.2, 0) is 9.47 Å². The molecular formula is C12H22O2. The minimum Gasteiger partial charge on any atom is -0.381 e. The molecule has 1 aliphatic rings. The average Bonchev–Trinajstić information content (AvgIpc) is 2.21. The number of ether oxygens (including phenoxy) is 2. The molecule has 0 aromatic heterocycles. The molecule has 2 atom stereocenters. The van der Waals surface area contributed by atoms with E-state index in [1.165, 1.54) is 18.4 Å². The van der Waals surface area contributed by atoms with Crippen molar-refractivity contribution in [2.75, 3.05) is 20.3 Å². The summed E-state index contributed by atoms with van der Waals surface area (Å²) in [5.41, 5.74) is 1.43. The molecule has 0 radical (unpaired) electrons. The SMILES string of the molecule is CCCCC(OC)C1COCC=C1C. The van der Waals surface area contributed by atoms with E-state index >= 15 is 0 Å². The Kier molecular flexibility index (Phi) is 5.20. The van der Waals surface area contributed by atoms with Crippen molar-refractivity contribution in [3.63, 3.8) is 0 Å². The van der Waals surface area contributed by atoms with Crippen molar-refractivity contribution >= 4 is 0 Å². The maximum absolute atomic E-state index is 5.54. The highest BCUT2D eigenvalue weighted by Crippen LogP contribution is 2.24. The Morgan fingerprint density at radius 2 is 2.43 bits per heavy atom. The van der Waals surface area contributed by atoms with Gasteiger partial charge < -0.3 is 9.47 Å². The van der Waals surface area contributed by atoms with E-state index < -0.39 is 0 Å². The summed E-state index contributed by atoms with van der Waals surface area (Å²) in [5, 5.41) is 0. The third kappa shape index (κ3) is 3.10. The van der Waals surface area contributed by atoms with Gasteiger partial charge in [-0.15, -0.1) is 0 Å². The molecule has 0 saturated heterocycles. The van der Waals surface area contributed by atoms with Crippen molar-refractivity contribution in [2.24, 2.45) is 5.92 Å². The van der Waals surface area contributed by atoms with Gasteiger partial charge in [-0.1, -0.05) is 31.4 Å². The highest BCUT2D eigenvalue weighted by atomic mass is 16.5. The molecule has 0 aliphatic carbocycles. The van der Waals surface area contributed by atoms with Gasteiger partial charge in [-0.2, -0.15) is 0 Å². The topological polar surface area (TPSA) is 18.5 Å². The zero-order chi connectivity index (χ0) is 10.4. The fourth-order valence-corrected chi connectivity index (χ4v) is 1.96. The Bertz CT molecular complexity index is 187. The molecule has 0 amide bonds. The van der Waals surface area contributed by atoms with Gasteiger partial charge in [0, 0.05) is 13.0 Å². The summed E-state index contributed by atoms with van der Waals surface area (Å²) in [6.07, 6.45) is 6.13. The summed E-state index contributed by atoms with van der Waals surface area (Å²) in [4.78, 5) is 0. The number of hydrogen-bond donors (Lipinski definition) is 0. The summed E-state index contributed by atoms with van der Waals surface area (Å²) in [6.45, 7) is 6.00. The normalized spacial score (nSPS) is 24.5. The second-order valence-corrected chi connectivity index (χ2v) is 4.01. The molecule has 1 heterocycles. The lowest BCUT2D eigenvalue weighted by Crippen LogP contribution is -2.30. The Morgan fingerprint density at radius 3 is 3.00 bits per heavy atom. The monoisotopic (exact) mass is 198 g/mol. The van der Waals surface area contributed by atoms with E-state index in [9.17, 15) is 0 Å². The summed E-state index contributed by atoms with van der Waals surface area (Å²) < 4.78 is 11.0. The van der Waals surface area contributed by atoms with Crippen LogP contribution in [0.2, 0.25) is 0 Å². The van der Waals surface area contributed by atoms with Gasteiger partial charge in [0.05, 0.1) is 19.3 Å². The van der Waals surface area contributed by atoms with E-state index in [-0.39, 0.29) is 0 Å². The first kappa shape index (κ1) is 11.7. The first-order chi connectivity index (χ1) is 6.79. The number of hydrogen-bond acceptors (Lipinski definition) is 2. The zero-order valence-corrected chi connectivity index (χ0v) is 9.58. The van der Waals surface area contributed by atoms with Crippen LogP contribution in [0.1, 0.15) is 33.1 Å². The molecule has 0 N–H and O–H groups in total. The number of unbranched alkanes of at least 4 members (excludes halogenated alkanes) is 1. The average molecular weight is 198 g/mol. The molecule has 2 heteroatoms. The summed E-state index contributed by atoms with van der Waals surface area (Å²) in [5.74, 6) is 0.472. The van der Waals surface area contributed by atoms with E-state index in [1.54, 1.807) is 0 Å². The van der Waals surface area contributed by atoms with Crippen LogP contribution in [0.3, 0.4) is 0 Å². The summed E-state index contributed by atoms with van der Waals surface area (Å²) in [6, 6.07) is 0. The van der Waals surface area contributed by atoms with Gasteiger partial charge in [-0.3, -0.25) is 0 Å². The quantitative estimate of drug-likeness (QED) is 0.632. The lowest BCUT2D eigenvalue weighted by atomic mass is 9.90. The summed E-state index contributed by atoms with van der Waals surface area (Å²) >= 11 is 0. The standard InChI is InChI=1S/C12H22O2/c1-4-5-6-12(13-3)11-9-14-8-7-10(11)2/h7,11-12H,4-6,8-9H2,1-3H3. The lowest BCUT2D eigenvalue weighted by molar-refractivity contribution is 0.00850. The van der Waals surface area contributed by atoms with Crippen LogP contribution in [0, 0.1) is 5.92 Å². The molecule has 1 aliphatic heterocycles. The predicted octanol–water partition coefficient (Wildman–Crippen LogP) is 2.78. The Labute approximate surface area is 87.3 Å². The van der Waals surface area contributed by atoms with Crippen LogP contribution < -0.4 is 0 Å². The Morgan fingerprint density at radius 1 is 1.64 bits per heavy atom. The van der Waals surface area contributed by atoms with Gasteiger partial charge in [-0.05, 0) is 13.3 Å². The fraction of sp³-hybridized carbons (Fsp3) is 0.833. The zero-order valence-electron chi connectivity index (χ0n) is 9.58. The Balaban J connectivity index is 2.49. The first-order valence-corrected chi connectivity index (χ1v) is 5.56. The van der Waals surface area contributed by atoms with E-state index in [4.69, 9.17) is 9.47 Å². The molecule has 0 saturated carbocycles. The number of rotatable bonds is 5. The van der Waals surface area contributed by atoms with E-state index in [1.807, 2.05) is 7.11 Å². The van der Waals surface area contributed by atoms with Crippen LogP contribution in [0.15, 0.2) is 11.6 Å². The minimum absolute atomic E-state index is 0.339. The predicted molar refractivity (Wildman–Crippen MR) is 58.4 cm³/mol. The van der Waals surface area contributed by atoms with Gasteiger partial charge in [-0.25, -0.2) is 0 Å². The molecule has 0 aromatic carbocycles. The molecule has 1 rings (SSSR count). The summed E-state index contributed by atoms with van der Waals surface area (Å²) in [7, 11) is 1.81. The van der Waals surface area contributed by atoms with Crippen molar-refractivity contribution in [1.82, 2.24) is 0 Å². The van der Waals surface area contributed by atoms with Crippen LogP contribution in [0.25, 0.3) is 0 Å². The van der Waals surface area contributed by atoms with Crippen molar-refractivity contribution in [3.05, 3.63) is 11.6 Å². The largest absolute Gasteiger partial charge is 0.381 e.